The SMILES string of the molecule is CN1NCC(COCC2CC2)=C1c1ccc2c(c1)CN([C@H](CN)Cc1cccc(F)c1)C2=O. The molecule has 2 aliphatic heterocycles. The molecule has 0 aromatic heterocycles. The van der Waals surface area contributed by atoms with Gasteiger partial charge in [0.1, 0.15) is 5.82 Å². The van der Waals surface area contributed by atoms with Crippen molar-refractivity contribution in [3.63, 3.8) is 0 Å². The number of nitrogens with two attached hydrogens (primary N) is 1. The Morgan fingerprint density at radius 2 is 2.09 bits per heavy atom. The number of benzene rings is 2. The first-order valence-electron chi connectivity index (χ1n) is 11.7. The topological polar surface area (TPSA) is 70.8 Å². The van der Waals surface area contributed by atoms with Gasteiger partial charge in [-0.25, -0.2) is 9.82 Å². The van der Waals surface area contributed by atoms with Gasteiger partial charge in [0, 0.05) is 44.9 Å². The Labute approximate surface area is 194 Å². The number of nitrogens with zero attached hydrogens (tertiary/aromatic N) is 2. The van der Waals surface area contributed by atoms with Crippen molar-refractivity contribution in [2.24, 2.45) is 11.7 Å². The molecule has 174 valence electrons. The standard InChI is InChI=1S/C26H31FN4O2/c1-30-25(21(13-29-30)16-33-15-17-5-6-17)19-7-8-24-20(11-19)14-31(26(24)32)23(12-28)10-18-3-2-4-22(27)9-18/h2-4,7-9,11,17,23,29H,5-6,10,12-16,28H2,1H3/t23-/m0/s1. The number of halogens is 1. The normalized spacial score (nSPS) is 18.9. The van der Waals surface area contributed by atoms with Crippen molar-refractivity contribution in [2.75, 3.05) is 33.4 Å². The van der Waals surface area contributed by atoms with Crippen molar-refractivity contribution >= 4 is 11.6 Å². The molecule has 0 unspecified atom stereocenters. The van der Waals surface area contributed by atoms with E-state index in [9.17, 15) is 9.18 Å². The molecule has 0 radical (unpaired) electrons. The number of fused-ring (bicyclic) bond motifs is 1. The molecule has 1 saturated carbocycles. The summed E-state index contributed by atoms with van der Waals surface area (Å²) in [5.41, 5.74) is 15.4. The second-order valence-electron chi connectivity index (χ2n) is 9.33. The molecule has 2 aromatic rings. The first-order valence-corrected chi connectivity index (χ1v) is 11.7. The van der Waals surface area contributed by atoms with Crippen LogP contribution in [0.25, 0.3) is 5.70 Å². The summed E-state index contributed by atoms with van der Waals surface area (Å²) in [6, 6.07) is 12.4. The molecule has 2 aromatic carbocycles. The summed E-state index contributed by atoms with van der Waals surface area (Å²) in [5.74, 6) is 0.452. The quantitative estimate of drug-likeness (QED) is 0.615. The number of hydrogen-bond donors (Lipinski definition) is 2. The Morgan fingerprint density at radius 3 is 2.85 bits per heavy atom. The predicted octanol–water partition coefficient (Wildman–Crippen LogP) is 2.94. The Hall–Kier alpha value is -2.74. The van der Waals surface area contributed by atoms with E-state index >= 15 is 0 Å². The summed E-state index contributed by atoms with van der Waals surface area (Å²) in [6.45, 7) is 3.05. The zero-order valence-electron chi connectivity index (χ0n) is 19.0. The lowest BCUT2D eigenvalue weighted by Crippen LogP contribution is -2.42. The van der Waals surface area contributed by atoms with Gasteiger partial charge >= 0.3 is 0 Å². The minimum atomic E-state index is -0.275. The highest BCUT2D eigenvalue weighted by atomic mass is 19.1. The molecule has 33 heavy (non-hydrogen) atoms. The second kappa shape index (κ2) is 9.25. The molecule has 0 saturated heterocycles. The highest BCUT2D eigenvalue weighted by Crippen LogP contribution is 2.33. The maximum atomic E-state index is 13.6. The summed E-state index contributed by atoms with van der Waals surface area (Å²) in [5, 5.41) is 2.04. The number of ether oxygens (including phenoxy) is 1. The smallest absolute Gasteiger partial charge is 0.254 e. The Bertz CT molecular complexity index is 1080. The minimum Gasteiger partial charge on any atom is -0.377 e. The van der Waals surface area contributed by atoms with E-state index in [2.05, 4.69) is 11.5 Å². The molecule has 7 heteroatoms. The van der Waals surface area contributed by atoms with E-state index in [4.69, 9.17) is 10.5 Å². The number of rotatable bonds is 9. The minimum absolute atomic E-state index is 0.0109. The molecule has 1 fully saturated rings. The van der Waals surface area contributed by atoms with Gasteiger partial charge in [-0.1, -0.05) is 18.2 Å². The molecule has 1 atom stereocenters. The Kier molecular flexibility index (Phi) is 6.19. The van der Waals surface area contributed by atoms with Crippen LogP contribution in [0.3, 0.4) is 0 Å². The molecule has 6 nitrogen and oxygen atoms in total. The number of carbonyl (C=O) groups is 1. The van der Waals surface area contributed by atoms with E-state index in [1.165, 1.54) is 30.5 Å². The summed E-state index contributed by atoms with van der Waals surface area (Å²) in [4.78, 5) is 15.0. The molecule has 0 spiro atoms. The Morgan fingerprint density at radius 1 is 1.24 bits per heavy atom. The van der Waals surface area contributed by atoms with Gasteiger partial charge in [0.15, 0.2) is 0 Å². The maximum absolute atomic E-state index is 13.6. The van der Waals surface area contributed by atoms with E-state index < -0.39 is 0 Å². The van der Waals surface area contributed by atoms with Crippen molar-refractivity contribution < 1.29 is 13.9 Å². The van der Waals surface area contributed by atoms with Gasteiger partial charge in [0.25, 0.3) is 5.91 Å². The second-order valence-corrected chi connectivity index (χ2v) is 9.33. The van der Waals surface area contributed by atoms with Crippen molar-refractivity contribution in [1.29, 1.82) is 0 Å². The van der Waals surface area contributed by atoms with Crippen LogP contribution < -0.4 is 11.2 Å². The average Bonchev–Trinajstić information content (AvgIpc) is 3.48. The van der Waals surface area contributed by atoms with Gasteiger partial charge in [0.05, 0.1) is 12.3 Å². The predicted molar refractivity (Wildman–Crippen MR) is 125 cm³/mol. The highest BCUT2D eigenvalue weighted by Gasteiger charge is 2.33. The average molecular weight is 451 g/mol. The van der Waals surface area contributed by atoms with Crippen LogP contribution in [0.1, 0.15) is 39.9 Å². The van der Waals surface area contributed by atoms with E-state index in [-0.39, 0.29) is 17.8 Å². The van der Waals surface area contributed by atoms with Crippen molar-refractivity contribution in [3.8, 4) is 0 Å². The van der Waals surface area contributed by atoms with Gasteiger partial charge in [-0.15, -0.1) is 0 Å². The molecular formula is C26H31FN4O2. The van der Waals surface area contributed by atoms with Crippen molar-refractivity contribution in [3.05, 3.63) is 76.1 Å². The third kappa shape index (κ3) is 4.67. The number of nitrogens with one attached hydrogen (secondary N) is 1. The number of amides is 1. The summed E-state index contributed by atoms with van der Waals surface area (Å²) in [6.07, 6.45) is 3.09. The number of hydrogen-bond acceptors (Lipinski definition) is 5. The van der Waals surface area contributed by atoms with Crippen LogP contribution in [0.2, 0.25) is 0 Å². The largest absolute Gasteiger partial charge is 0.377 e. The van der Waals surface area contributed by atoms with Gasteiger partial charge in [-0.3, -0.25) is 4.79 Å². The van der Waals surface area contributed by atoms with Crippen molar-refractivity contribution in [2.45, 2.75) is 31.8 Å². The summed E-state index contributed by atoms with van der Waals surface area (Å²) >= 11 is 0. The third-order valence-electron chi connectivity index (χ3n) is 6.81. The van der Waals surface area contributed by atoms with Gasteiger partial charge in [0.2, 0.25) is 0 Å². The first-order chi connectivity index (χ1) is 16.0. The van der Waals surface area contributed by atoms with Crippen LogP contribution in [0.5, 0.6) is 0 Å². The van der Waals surface area contributed by atoms with Gasteiger partial charge in [-0.2, -0.15) is 0 Å². The third-order valence-corrected chi connectivity index (χ3v) is 6.81. The van der Waals surface area contributed by atoms with E-state index in [1.807, 2.05) is 35.2 Å². The van der Waals surface area contributed by atoms with E-state index in [0.29, 0.717) is 26.1 Å². The molecule has 5 rings (SSSR count). The van der Waals surface area contributed by atoms with Crippen LogP contribution in [0.15, 0.2) is 48.0 Å². The van der Waals surface area contributed by atoms with Gasteiger partial charge < -0.3 is 20.4 Å². The van der Waals surface area contributed by atoms with Crippen LogP contribution in [-0.4, -0.2) is 55.2 Å². The lowest BCUT2D eigenvalue weighted by Gasteiger charge is -2.26. The van der Waals surface area contributed by atoms with Crippen LogP contribution in [0, 0.1) is 11.7 Å². The van der Waals surface area contributed by atoms with E-state index in [0.717, 1.165) is 47.0 Å². The Balaban J connectivity index is 1.34. The molecular weight excluding hydrogens is 419 g/mol. The molecule has 1 amide bonds. The fourth-order valence-electron chi connectivity index (χ4n) is 4.81. The highest BCUT2D eigenvalue weighted by molar-refractivity contribution is 5.99. The van der Waals surface area contributed by atoms with Crippen molar-refractivity contribution in [1.82, 2.24) is 15.3 Å². The first kappa shape index (κ1) is 22.1. The van der Waals surface area contributed by atoms with Gasteiger partial charge in [-0.05, 0) is 71.7 Å². The fourth-order valence-corrected chi connectivity index (χ4v) is 4.81. The lowest BCUT2D eigenvalue weighted by atomic mass is 10.0. The maximum Gasteiger partial charge on any atom is 0.254 e. The molecule has 3 N–H and O–H groups in total. The molecule has 2 heterocycles. The lowest BCUT2D eigenvalue weighted by molar-refractivity contribution is 0.0708. The summed E-state index contributed by atoms with van der Waals surface area (Å²) in [7, 11) is 2.01. The summed E-state index contributed by atoms with van der Waals surface area (Å²) < 4.78 is 19.6. The zero-order valence-corrected chi connectivity index (χ0v) is 19.0. The van der Waals surface area contributed by atoms with Crippen LogP contribution in [-0.2, 0) is 17.7 Å². The molecule has 1 aliphatic carbocycles. The van der Waals surface area contributed by atoms with E-state index in [1.54, 1.807) is 6.07 Å². The molecule has 3 aliphatic rings. The fraction of sp³-hybridized carbons (Fsp3) is 0.423. The zero-order chi connectivity index (χ0) is 22.9. The number of carbonyl (C=O) groups excluding carboxylic acids is 1. The van der Waals surface area contributed by atoms with Crippen LogP contribution in [0.4, 0.5) is 4.39 Å². The number of hydrazine groups is 1. The monoisotopic (exact) mass is 450 g/mol. The van der Waals surface area contributed by atoms with Crippen LogP contribution >= 0.6 is 0 Å². The molecule has 0 bridgehead atoms.